The van der Waals surface area contributed by atoms with E-state index in [-0.39, 0.29) is 0 Å². The van der Waals surface area contributed by atoms with Gasteiger partial charge in [0, 0.05) is 31.4 Å². The van der Waals surface area contributed by atoms with Gasteiger partial charge in [-0.15, -0.1) is 0 Å². The van der Waals surface area contributed by atoms with Crippen LogP contribution in [0.5, 0.6) is 0 Å². The molecule has 1 N–H and O–H groups in total. The minimum Gasteiger partial charge on any atom is -0.370 e. The fourth-order valence-corrected chi connectivity index (χ4v) is 2.13. The van der Waals surface area contributed by atoms with Gasteiger partial charge in [-0.3, -0.25) is 0 Å². The first-order valence-electron chi connectivity index (χ1n) is 7.91. The lowest BCUT2D eigenvalue weighted by atomic mass is 10.1. The minimum absolute atomic E-state index is 0.710. The van der Waals surface area contributed by atoms with Crippen molar-refractivity contribution < 1.29 is 0 Å². The molecule has 1 rings (SSSR count). The molecular weight excluding hydrogens is 248 g/mol. The van der Waals surface area contributed by atoms with Crippen LogP contribution >= 0.6 is 0 Å². The van der Waals surface area contributed by atoms with E-state index in [9.17, 15) is 0 Å². The highest BCUT2D eigenvalue weighted by Gasteiger charge is 2.10. The smallest absolute Gasteiger partial charge is 0.227 e. The van der Waals surface area contributed by atoms with Crippen LogP contribution in [0.4, 0.5) is 11.8 Å². The molecule has 0 aliphatic heterocycles. The Morgan fingerprint density at radius 1 is 1.15 bits per heavy atom. The van der Waals surface area contributed by atoms with Gasteiger partial charge in [0.05, 0.1) is 0 Å². The van der Waals surface area contributed by atoms with Crippen LogP contribution in [0.15, 0.2) is 6.07 Å². The Hall–Kier alpha value is -1.32. The zero-order valence-corrected chi connectivity index (χ0v) is 13.7. The van der Waals surface area contributed by atoms with E-state index in [2.05, 4.69) is 47.9 Å². The summed E-state index contributed by atoms with van der Waals surface area (Å²) in [4.78, 5) is 11.5. The second-order valence-electron chi connectivity index (χ2n) is 5.79. The van der Waals surface area contributed by atoms with Crippen molar-refractivity contribution in [1.29, 1.82) is 0 Å². The minimum atomic E-state index is 0.710. The Morgan fingerprint density at radius 3 is 2.35 bits per heavy atom. The molecule has 1 aromatic rings. The summed E-state index contributed by atoms with van der Waals surface area (Å²) >= 11 is 0. The zero-order chi connectivity index (χ0) is 15.0. The van der Waals surface area contributed by atoms with Crippen LogP contribution in [0, 0.1) is 12.8 Å². The molecule has 4 nitrogen and oxygen atoms in total. The van der Waals surface area contributed by atoms with Gasteiger partial charge in [-0.25, -0.2) is 4.98 Å². The summed E-state index contributed by atoms with van der Waals surface area (Å²) in [5.41, 5.74) is 1.03. The molecule has 0 aliphatic carbocycles. The monoisotopic (exact) mass is 278 g/mol. The molecule has 114 valence electrons. The van der Waals surface area contributed by atoms with Gasteiger partial charge in [0.1, 0.15) is 5.82 Å². The molecule has 0 spiro atoms. The van der Waals surface area contributed by atoms with Gasteiger partial charge < -0.3 is 10.2 Å². The van der Waals surface area contributed by atoms with E-state index in [1.165, 1.54) is 0 Å². The molecule has 0 radical (unpaired) electrons. The zero-order valence-electron chi connectivity index (χ0n) is 13.7. The normalized spacial score (nSPS) is 10.9. The maximum atomic E-state index is 4.67. The Morgan fingerprint density at radius 2 is 1.80 bits per heavy atom. The Kier molecular flexibility index (Phi) is 7.34. The van der Waals surface area contributed by atoms with E-state index in [1.807, 2.05) is 13.0 Å². The summed E-state index contributed by atoms with van der Waals surface area (Å²) in [6, 6.07) is 2.03. The van der Waals surface area contributed by atoms with Gasteiger partial charge in [-0.1, -0.05) is 27.7 Å². The van der Waals surface area contributed by atoms with Gasteiger partial charge in [-0.05, 0) is 32.1 Å². The molecule has 0 bridgehead atoms. The van der Waals surface area contributed by atoms with Gasteiger partial charge in [0.2, 0.25) is 5.95 Å². The SMILES string of the molecule is CCCN(CCC)c1nc(C)cc(NCCC(C)C)n1. The van der Waals surface area contributed by atoms with Gasteiger partial charge in [0.15, 0.2) is 0 Å². The third kappa shape index (κ3) is 5.76. The summed E-state index contributed by atoms with van der Waals surface area (Å²) in [5.74, 6) is 2.52. The lowest BCUT2D eigenvalue weighted by molar-refractivity contribution is 0.606. The predicted octanol–water partition coefficient (Wildman–Crippen LogP) is 3.87. The molecule has 0 fully saturated rings. The van der Waals surface area contributed by atoms with Crippen molar-refractivity contribution in [2.75, 3.05) is 29.9 Å². The second kappa shape index (κ2) is 8.77. The van der Waals surface area contributed by atoms with Gasteiger partial charge in [0.25, 0.3) is 0 Å². The van der Waals surface area contributed by atoms with Crippen molar-refractivity contribution in [3.63, 3.8) is 0 Å². The van der Waals surface area contributed by atoms with Crippen LogP contribution < -0.4 is 10.2 Å². The van der Waals surface area contributed by atoms with Crippen LogP contribution in [0.25, 0.3) is 0 Å². The van der Waals surface area contributed by atoms with E-state index >= 15 is 0 Å². The topological polar surface area (TPSA) is 41.1 Å². The number of hydrogen-bond donors (Lipinski definition) is 1. The summed E-state index contributed by atoms with van der Waals surface area (Å²) < 4.78 is 0. The first kappa shape index (κ1) is 16.7. The third-order valence-electron chi connectivity index (χ3n) is 3.14. The molecule has 0 saturated carbocycles. The third-order valence-corrected chi connectivity index (χ3v) is 3.14. The molecule has 0 aromatic carbocycles. The number of nitrogens with zero attached hydrogens (tertiary/aromatic N) is 3. The van der Waals surface area contributed by atoms with E-state index in [4.69, 9.17) is 0 Å². The maximum Gasteiger partial charge on any atom is 0.227 e. The number of anilines is 2. The lowest BCUT2D eigenvalue weighted by Crippen LogP contribution is -2.27. The fraction of sp³-hybridized carbons (Fsp3) is 0.750. The van der Waals surface area contributed by atoms with E-state index in [1.54, 1.807) is 0 Å². The van der Waals surface area contributed by atoms with Crippen molar-refractivity contribution in [1.82, 2.24) is 9.97 Å². The Labute approximate surface area is 124 Å². The van der Waals surface area contributed by atoms with Crippen LogP contribution in [0.3, 0.4) is 0 Å². The van der Waals surface area contributed by atoms with E-state index in [0.717, 1.165) is 56.4 Å². The molecule has 1 heterocycles. The first-order valence-corrected chi connectivity index (χ1v) is 7.91. The van der Waals surface area contributed by atoms with Crippen LogP contribution in [0.1, 0.15) is 52.7 Å². The van der Waals surface area contributed by atoms with E-state index in [0.29, 0.717) is 5.92 Å². The van der Waals surface area contributed by atoms with Crippen molar-refractivity contribution in [2.45, 2.75) is 53.9 Å². The first-order chi connectivity index (χ1) is 9.56. The summed E-state index contributed by atoms with van der Waals surface area (Å²) in [5, 5.41) is 3.42. The molecule has 0 unspecified atom stereocenters. The van der Waals surface area contributed by atoms with E-state index < -0.39 is 0 Å². The number of hydrogen-bond acceptors (Lipinski definition) is 4. The average molecular weight is 278 g/mol. The largest absolute Gasteiger partial charge is 0.370 e. The number of aryl methyl sites for hydroxylation is 1. The Bertz CT molecular complexity index is 384. The highest BCUT2D eigenvalue weighted by atomic mass is 15.3. The average Bonchev–Trinajstić information content (AvgIpc) is 2.37. The van der Waals surface area contributed by atoms with Crippen LogP contribution in [0.2, 0.25) is 0 Å². The van der Waals surface area contributed by atoms with Gasteiger partial charge in [-0.2, -0.15) is 4.98 Å². The van der Waals surface area contributed by atoms with Crippen molar-refractivity contribution in [2.24, 2.45) is 5.92 Å². The molecule has 0 atom stereocenters. The summed E-state index contributed by atoms with van der Waals surface area (Å²) in [6.07, 6.45) is 3.40. The summed E-state index contributed by atoms with van der Waals surface area (Å²) in [7, 11) is 0. The van der Waals surface area contributed by atoms with Gasteiger partial charge >= 0.3 is 0 Å². The molecule has 20 heavy (non-hydrogen) atoms. The van der Waals surface area contributed by atoms with Crippen LogP contribution in [-0.2, 0) is 0 Å². The number of nitrogens with one attached hydrogen (secondary N) is 1. The van der Waals surface area contributed by atoms with Crippen LogP contribution in [-0.4, -0.2) is 29.6 Å². The highest BCUT2D eigenvalue weighted by molar-refractivity contribution is 5.43. The summed E-state index contributed by atoms with van der Waals surface area (Å²) in [6.45, 7) is 13.9. The molecule has 4 heteroatoms. The second-order valence-corrected chi connectivity index (χ2v) is 5.79. The lowest BCUT2D eigenvalue weighted by Gasteiger charge is -2.22. The molecule has 1 aromatic heterocycles. The van der Waals surface area contributed by atoms with Crippen molar-refractivity contribution >= 4 is 11.8 Å². The number of aromatic nitrogens is 2. The molecule has 0 aliphatic rings. The molecule has 0 amide bonds. The predicted molar refractivity (Wildman–Crippen MR) is 87.5 cm³/mol. The quantitative estimate of drug-likeness (QED) is 0.744. The maximum absolute atomic E-state index is 4.67. The molecule has 0 saturated heterocycles. The Balaban J connectivity index is 2.77. The molecular formula is C16H30N4. The van der Waals surface area contributed by atoms with Crippen molar-refractivity contribution in [3.05, 3.63) is 11.8 Å². The highest BCUT2D eigenvalue weighted by Crippen LogP contribution is 2.15. The fourth-order valence-electron chi connectivity index (χ4n) is 2.13. The number of rotatable bonds is 9. The standard InChI is InChI=1S/C16H30N4/c1-6-10-20(11-7-2)16-18-14(5)12-15(19-16)17-9-8-13(3)4/h12-13H,6-11H2,1-5H3,(H,17,18,19). The van der Waals surface area contributed by atoms with Crippen molar-refractivity contribution in [3.8, 4) is 0 Å².